The molecule has 0 aromatic heterocycles. The number of amides is 2. The minimum Gasteiger partial charge on any atom is -0.491 e. The lowest BCUT2D eigenvalue weighted by Gasteiger charge is -2.41. The number of nitrogens with zero attached hydrogens (tertiary/aromatic N) is 1. The molecule has 3 rings (SSSR count). The second-order valence-corrected chi connectivity index (χ2v) is 11.6. The standard InChI is InChI=1S/C31H42N2O5/c1-21(2)38-27-16-10-24(11-17-27)30(37)33(26-14-12-25(13-15-26)31(3,4)5)20-22-6-8-23(9-7-22)29(36)32-19-18-28(34)35/h6-11,16-17,21,25-26H,12-15,18-20H2,1-5H3,(H,32,36)(H,34,35). The van der Waals surface area contributed by atoms with E-state index in [4.69, 9.17) is 9.84 Å². The minimum absolute atomic E-state index is 0.00389. The van der Waals surface area contributed by atoms with E-state index in [1.807, 2.05) is 55.1 Å². The van der Waals surface area contributed by atoms with E-state index in [-0.39, 0.29) is 42.3 Å². The molecule has 1 saturated carbocycles. The maximum absolute atomic E-state index is 13.8. The predicted molar refractivity (Wildman–Crippen MR) is 148 cm³/mol. The highest BCUT2D eigenvalue weighted by molar-refractivity contribution is 5.95. The molecule has 7 heteroatoms. The van der Waals surface area contributed by atoms with Crippen LogP contribution in [0.3, 0.4) is 0 Å². The third-order valence-corrected chi connectivity index (χ3v) is 7.29. The molecule has 206 valence electrons. The first-order valence-electron chi connectivity index (χ1n) is 13.6. The minimum atomic E-state index is -0.955. The van der Waals surface area contributed by atoms with Gasteiger partial charge < -0.3 is 20.1 Å². The fourth-order valence-corrected chi connectivity index (χ4v) is 5.08. The molecule has 2 amide bonds. The highest BCUT2D eigenvalue weighted by atomic mass is 16.5. The monoisotopic (exact) mass is 522 g/mol. The number of nitrogens with one attached hydrogen (secondary N) is 1. The molecule has 0 aliphatic heterocycles. The van der Waals surface area contributed by atoms with Crippen LogP contribution in [0.5, 0.6) is 5.75 Å². The molecule has 38 heavy (non-hydrogen) atoms. The van der Waals surface area contributed by atoms with Crippen molar-refractivity contribution in [2.24, 2.45) is 11.3 Å². The quantitative estimate of drug-likeness (QED) is 0.403. The number of rotatable bonds is 10. The normalized spacial score (nSPS) is 17.6. The van der Waals surface area contributed by atoms with Crippen molar-refractivity contribution in [2.45, 2.75) is 85.4 Å². The summed E-state index contributed by atoms with van der Waals surface area (Å²) in [6.07, 6.45) is 4.05. The summed E-state index contributed by atoms with van der Waals surface area (Å²) in [7, 11) is 0. The van der Waals surface area contributed by atoms with Crippen LogP contribution in [0.1, 0.15) is 93.0 Å². The molecule has 2 N–H and O–H groups in total. The zero-order valence-corrected chi connectivity index (χ0v) is 23.3. The Bertz CT molecular complexity index is 1080. The van der Waals surface area contributed by atoms with Gasteiger partial charge in [0.25, 0.3) is 11.8 Å². The van der Waals surface area contributed by atoms with Gasteiger partial charge in [-0.2, -0.15) is 0 Å². The van der Waals surface area contributed by atoms with Crippen LogP contribution < -0.4 is 10.1 Å². The molecule has 0 radical (unpaired) electrons. The average Bonchev–Trinajstić information content (AvgIpc) is 2.86. The molecule has 0 bridgehead atoms. The number of ether oxygens (including phenoxy) is 1. The molecular weight excluding hydrogens is 480 g/mol. The fourth-order valence-electron chi connectivity index (χ4n) is 5.08. The van der Waals surface area contributed by atoms with Crippen molar-refractivity contribution in [3.63, 3.8) is 0 Å². The molecule has 2 aromatic carbocycles. The van der Waals surface area contributed by atoms with Crippen molar-refractivity contribution in [1.29, 1.82) is 0 Å². The Hall–Kier alpha value is -3.35. The SMILES string of the molecule is CC(C)Oc1ccc(C(=O)N(Cc2ccc(C(=O)NCCC(=O)O)cc2)C2CCC(C(C)(C)C)CC2)cc1. The van der Waals surface area contributed by atoms with Gasteiger partial charge in [0.15, 0.2) is 0 Å². The number of benzene rings is 2. The van der Waals surface area contributed by atoms with Gasteiger partial charge in [-0.05, 0) is 92.8 Å². The highest BCUT2D eigenvalue weighted by Crippen LogP contribution is 2.39. The summed E-state index contributed by atoms with van der Waals surface area (Å²) in [6, 6.07) is 14.7. The van der Waals surface area contributed by atoms with E-state index in [1.165, 1.54) is 0 Å². The fraction of sp³-hybridized carbons (Fsp3) is 0.516. The van der Waals surface area contributed by atoms with Crippen LogP contribution >= 0.6 is 0 Å². The van der Waals surface area contributed by atoms with Crippen LogP contribution in [-0.2, 0) is 11.3 Å². The number of hydrogen-bond acceptors (Lipinski definition) is 4. The average molecular weight is 523 g/mol. The molecule has 7 nitrogen and oxygen atoms in total. The summed E-state index contributed by atoms with van der Waals surface area (Å²) < 4.78 is 5.75. The zero-order valence-electron chi connectivity index (χ0n) is 23.3. The van der Waals surface area contributed by atoms with Gasteiger partial charge in [-0.3, -0.25) is 14.4 Å². The number of aliphatic carboxylic acids is 1. The maximum atomic E-state index is 13.8. The molecule has 1 aliphatic rings. The van der Waals surface area contributed by atoms with Crippen molar-refractivity contribution < 1.29 is 24.2 Å². The lowest BCUT2D eigenvalue weighted by atomic mass is 9.71. The summed E-state index contributed by atoms with van der Waals surface area (Å²) >= 11 is 0. The molecule has 0 atom stereocenters. The van der Waals surface area contributed by atoms with Crippen molar-refractivity contribution >= 4 is 17.8 Å². The lowest BCUT2D eigenvalue weighted by molar-refractivity contribution is -0.136. The van der Waals surface area contributed by atoms with E-state index in [1.54, 1.807) is 12.1 Å². The third kappa shape index (κ3) is 8.33. The van der Waals surface area contributed by atoms with Gasteiger partial charge in [0, 0.05) is 30.3 Å². The topological polar surface area (TPSA) is 95.9 Å². The lowest BCUT2D eigenvalue weighted by Crippen LogP contribution is -2.43. The Kier molecular flexibility index (Phi) is 9.95. The molecule has 1 fully saturated rings. The van der Waals surface area contributed by atoms with Gasteiger partial charge >= 0.3 is 5.97 Å². The first kappa shape index (κ1) is 29.2. The molecule has 0 saturated heterocycles. The molecule has 0 unspecified atom stereocenters. The summed E-state index contributed by atoms with van der Waals surface area (Å²) in [5.74, 6) is 0.114. The van der Waals surface area contributed by atoms with Crippen LogP contribution in [0.15, 0.2) is 48.5 Å². The van der Waals surface area contributed by atoms with E-state index in [9.17, 15) is 14.4 Å². The maximum Gasteiger partial charge on any atom is 0.305 e. The van der Waals surface area contributed by atoms with Gasteiger partial charge in [-0.1, -0.05) is 32.9 Å². The Morgan fingerprint density at radius 2 is 1.53 bits per heavy atom. The largest absolute Gasteiger partial charge is 0.491 e. The van der Waals surface area contributed by atoms with Crippen LogP contribution in [0.4, 0.5) is 0 Å². The number of carboxylic acid groups (broad SMARTS) is 1. The smallest absolute Gasteiger partial charge is 0.305 e. The molecule has 0 spiro atoms. The first-order valence-corrected chi connectivity index (χ1v) is 13.6. The van der Waals surface area contributed by atoms with Gasteiger partial charge in [-0.15, -0.1) is 0 Å². The number of hydrogen-bond donors (Lipinski definition) is 2. The zero-order chi connectivity index (χ0) is 27.9. The molecule has 0 heterocycles. The number of carbonyl (C=O) groups is 3. The van der Waals surface area contributed by atoms with Gasteiger partial charge in [-0.25, -0.2) is 0 Å². The molecule has 1 aliphatic carbocycles. The van der Waals surface area contributed by atoms with Gasteiger partial charge in [0.2, 0.25) is 0 Å². The van der Waals surface area contributed by atoms with Crippen molar-refractivity contribution in [1.82, 2.24) is 10.2 Å². The van der Waals surface area contributed by atoms with Crippen molar-refractivity contribution in [2.75, 3.05) is 6.54 Å². The Morgan fingerprint density at radius 1 is 0.947 bits per heavy atom. The van der Waals surface area contributed by atoms with Crippen molar-refractivity contribution in [3.8, 4) is 5.75 Å². The van der Waals surface area contributed by atoms with E-state index in [0.29, 0.717) is 23.6 Å². The molecular formula is C31H42N2O5. The summed E-state index contributed by atoms with van der Waals surface area (Å²) in [4.78, 5) is 38.8. The van der Waals surface area contributed by atoms with E-state index in [0.717, 1.165) is 37.0 Å². The van der Waals surface area contributed by atoms with E-state index < -0.39 is 5.97 Å². The third-order valence-electron chi connectivity index (χ3n) is 7.29. The first-order chi connectivity index (χ1) is 17.9. The Labute approximate surface area is 226 Å². The van der Waals surface area contributed by atoms with E-state index in [2.05, 4.69) is 26.1 Å². The second kappa shape index (κ2) is 12.9. The van der Waals surface area contributed by atoms with Gasteiger partial charge in [0.05, 0.1) is 12.5 Å². The van der Waals surface area contributed by atoms with Gasteiger partial charge in [0.1, 0.15) is 5.75 Å². The Morgan fingerprint density at radius 3 is 2.05 bits per heavy atom. The summed E-state index contributed by atoms with van der Waals surface area (Å²) in [5.41, 5.74) is 2.29. The van der Waals surface area contributed by atoms with Crippen molar-refractivity contribution in [3.05, 3.63) is 65.2 Å². The van der Waals surface area contributed by atoms with Crippen LogP contribution in [0, 0.1) is 11.3 Å². The highest BCUT2D eigenvalue weighted by Gasteiger charge is 2.34. The number of carboxylic acids is 1. The Balaban J connectivity index is 1.76. The summed E-state index contributed by atoms with van der Waals surface area (Å²) in [5, 5.41) is 11.4. The van der Waals surface area contributed by atoms with Crippen LogP contribution in [0.2, 0.25) is 0 Å². The van der Waals surface area contributed by atoms with E-state index >= 15 is 0 Å². The number of carbonyl (C=O) groups excluding carboxylic acids is 2. The van der Waals surface area contributed by atoms with Crippen LogP contribution in [-0.4, -0.2) is 46.5 Å². The second-order valence-electron chi connectivity index (χ2n) is 11.6. The van der Waals surface area contributed by atoms with Crippen LogP contribution in [0.25, 0.3) is 0 Å². The summed E-state index contributed by atoms with van der Waals surface area (Å²) in [6.45, 7) is 11.4. The molecule has 2 aromatic rings. The predicted octanol–water partition coefficient (Wildman–Crippen LogP) is 5.93.